The normalized spacial score (nSPS) is 10.0. The number of halogens is 1. The quantitative estimate of drug-likeness (QED) is 0.788. The van der Waals surface area contributed by atoms with E-state index in [1.807, 2.05) is 24.3 Å². The van der Waals surface area contributed by atoms with E-state index in [0.29, 0.717) is 30.3 Å². The molecular formula is C17H17ClN2O2. The minimum absolute atomic E-state index is 0.531. The van der Waals surface area contributed by atoms with Gasteiger partial charge in [-0.2, -0.15) is 5.26 Å². The first-order valence-corrected chi connectivity index (χ1v) is 7.25. The molecule has 0 fully saturated rings. The van der Waals surface area contributed by atoms with Crippen LogP contribution in [0.2, 0.25) is 5.02 Å². The predicted octanol–water partition coefficient (Wildman–Crippen LogP) is 3.85. The maximum absolute atomic E-state index is 9.03. The van der Waals surface area contributed by atoms with Crippen molar-refractivity contribution < 1.29 is 9.47 Å². The van der Waals surface area contributed by atoms with Crippen LogP contribution in [0.4, 0.5) is 5.69 Å². The molecule has 2 aromatic carbocycles. The summed E-state index contributed by atoms with van der Waals surface area (Å²) in [5.74, 6) is 0.829. The van der Waals surface area contributed by atoms with E-state index >= 15 is 0 Å². The van der Waals surface area contributed by atoms with Gasteiger partial charge in [0, 0.05) is 11.6 Å². The molecule has 0 spiro atoms. The molecule has 0 aliphatic rings. The van der Waals surface area contributed by atoms with Crippen LogP contribution in [0.3, 0.4) is 0 Å². The maximum atomic E-state index is 9.03. The minimum atomic E-state index is 0.531. The lowest BCUT2D eigenvalue weighted by molar-refractivity contribution is 0.130. The van der Waals surface area contributed by atoms with Crippen molar-refractivity contribution in [1.29, 1.82) is 5.26 Å². The third-order valence-electron chi connectivity index (χ3n) is 3.09. The molecule has 5 heteroatoms. The summed E-state index contributed by atoms with van der Waals surface area (Å²) >= 11 is 5.93. The van der Waals surface area contributed by atoms with E-state index in [9.17, 15) is 0 Å². The van der Waals surface area contributed by atoms with Crippen molar-refractivity contribution in [1.82, 2.24) is 0 Å². The van der Waals surface area contributed by atoms with Crippen LogP contribution in [-0.4, -0.2) is 20.3 Å². The molecule has 22 heavy (non-hydrogen) atoms. The van der Waals surface area contributed by atoms with Crippen molar-refractivity contribution in [3.63, 3.8) is 0 Å². The molecule has 0 aromatic heterocycles. The first-order chi connectivity index (χ1) is 10.7. The predicted molar refractivity (Wildman–Crippen MR) is 87.3 cm³/mol. The SMILES string of the molecule is COc1ccc(COCCNc2cc(Cl)ccc2C#N)cc1. The van der Waals surface area contributed by atoms with Crippen molar-refractivity contribution in [3.8, 4) is 11.8 Å². The van der Waals surface area contributed by atoms with Crippen molar-refractivity contribution in [2.75, 3.05) is 25.6 Å². The molecule has 0 radical (unpaired) electrons. The van der Waals surface area contributed by atoms with Gasteiger partial charge in [0.1, 0.15) is 11.8 Å². The average Bonchev–Trinajstić information content (AvgIpc) is 2.55. The van der Waals surface area contributed by atoms with Crippen LogP contribution in [0.25, 0.3) is 0 Å². The minimum Gasteiger partial charge on any atom is -0.497 e. The van der Waals surface area contributed by atoms with E-state index < -0.39 is 0 Å². The first kappa shape index (κ1) is 16.2. The van der Waals surface area contributed by atoms with Crippen molar-refractivity contribution in [2.24, 2.45) is 0 Å². The summed E-state index contributed by atoms with van der Waals surface area (Å²) in [7, 11) is 1.64. The summed E-state index contributed by atoms with van der Waals surface area (Å²) < 4.78 is 10.7. The molecule has 2 aromatic rings. The van der Waals surface area contributed by atoms with Crippen LogP contribution in [0.15, 0.2) is 42.5 Å². The highest BCUT2D eigenvalue weighted by Gasteiger charge is 2.02. The van der Waals surface area contributed by atoms with Gasteiger partial charge in [0.15, 0.2) is 0 Å². The van der Waals surface area contributed by atoms with Gasteiger partial charge < -0.3 is 14.8 Å². The number of nitrogens with one attached hydrogen (secondary N) is 1. The van der Waals surface area contributed by atoms with E-state index in [2.05, 4.69) is 11.4 Å². The lowest BCUT2D eigenvalue weighted by Gasteiger charge is -2.09. The molecule has 0 amide bonds. The maximum Gasteiger partial charge on any atom is 0.118 e. The summed E-state index contributed by atoms with van der Waals surface area (Å²) in [5, 5.41) is 12.8. The van der Waals surface area contributed by atoms with Gasteiger partial charge in [-0.3, -0.25) is 0 Å². The molecule has 0 aliphatic carbocycles. The Kier molecular flexibility index (Phi) is 6.08. The van der Waals surface area contributed by atoms with Crippen LogP contribution in [0, 0.1) is 11.3 Å². The number of methoxy groups -OCH3 is 1. The van der Waals surface area contributed by atoms with Gasteiger partial charge in [0.25, 0.3) is 0 Å². The van der Waals surface area contributed by atoms with Gasteiger partial charge in [-0.25, -0.2) is 0 Å². The number of hydrogen-bond donors (Lipinski definition) is 1. The van der Waals surface area contributed by atoms with Crippen LogP contribution in [-0.2, 0) is 11.3 Å². The molecule has 0 atom stereocenters. The summed E-state index contributed by atoms with van der Waals surface area (Å²) in [6.45, 7) is 1.67. The van der Waals surface area contributed by atoms with Crippen molar-refractivity contribution in [3.05, 3.63) is 58.6 Å². The molecule has 0 saturated heterocycles. The Morgan fingerprint density at radius 2 is 1.95 bits per heavy atom. The summed E-state index contributed by atoms with van der Waals surface area (Å²) in [4.78, 5) is 0. The van der Waals surface area contributed by atoms with Crippen LogP contribution in [0.1, 0.15) is 11.1 Å². The zero-order valence-electron chi connectivity index (χ0n) is 12.3. The fraction of sp³-hybridized carbons (Fsp3) is 0.235. The van der Waals surface area contributed by atoms with Gasteiger partial charge in [-0.15, -0.1) is 0 Å². The zero-order chi connectivity index (χ0) is 15.8. The highest BCUT2D eigenvalue weighted by Crippen LogP contribution is 2.20. The molecule has 1 N–H and O–H groups in total. The van der Waals surface area contributed by atoms with Gasteiger partial charge in [0.2, 0.25) is 0 Å². The molecule has 0 heterocycles. The third kappa shape index (κ3) is 4.66. The van der Waals surface area contributed by atoms with Crippen LogP contribution >= 0.6 is 11.6 Å². The second kappa shape index (κ2) is 8.28. The molecule has 114 valence electrons. The molecule has 0 bridgehead atoms. The number of hydrogen-bond acceptors (Lipinski definition) is 4. The summed E-state index contributed by atoms with van der Waals surface area (Å²) in [6, 6.07) is 15.0. The second-order valence-corrected chi connectivity index (χ2v) is 5.07. The lowest BCUT2D eigenvalue weighted by Crippen LogP contribution is -2.10. The van der Waals surface area contributed by atoms with Gasteiger partial charge in [-0.1, -0.05) is 23.7 Å². The van der Waals surface area contributed by atoms with E-state index in [1.165, 1.54) is 0 Å². The molecule has 0 unspecified atom stereocenters. The Labute approximate surface area is 135 Å². The number of ether oxygens (including phenoxy) is 2. The highest BCUT2D eigenvalue weighted by atomic mass is 35.5. The van der Waals surface area contributed by atoms with E-state index in [1.54, 1.807) is 25.3 Å². The van der Waals surface area contributed by atoms with Crippen LogP contribution in [0.5, 0.6) is 5.75 Å². The van der Waals surface area contributed by atoms with Crippen LogP contribution < -0.4 is 10.1 Å². The second-order valence-electron chi connectivity index (χ2n) is 4.63. The lowest BCUT2D eigenvalue weighted by atomic mass is 10.2. The van der Waals surface area contributed by atoms with Gasteiger partial charge >= 0.3 is 0 Å². The van der Waals surface area contributed by atoms with Crippen molar-refractivity contribution in [2.45, 2.75) is 6.61 Å². The monoisotopic (exact) mass is 316 g/mol. The Morgan fingerprint density at radius 3 is 2.64 bits per heavy atom. The number of rotatable bonds is 7. The third-order valence-corrected chi connectivity index (χ3v) is 3.33. The number of nitrogens with zero attached hydrogens (tertiary/aromatic N) is 1. The topological polar surface area (TPSA) is 54.3 Å². The standard InChI is InChI=1S/C17H17ClN2O2/c1-21-16-6-2-13(3-7-16)12-22-9-8-20-17-10-15(18)5-4-14(17)11-19/h2-7,10,20H,8-9,12H2,1H3. The van der Waals surface area contributed by atoms with E-state index in [0.717, 1.165) is 17.0 Å². The smallest absolute Gasteiger partial charge is 0.118 e. The molecular weight excluding hydrogens is 300 g/mol. The zero-order valence-corrected chi connectivity index (χ0v) is 13.1. The van der Waals surface area contributed by atoms with E-state index in [4.69, 9.17) is 26.3 Å². The molecule has 2 rings (SSSR count). The first-order valence-electron chi connectivity index (χ1n) is 6.87. The van der Waals surface area contributed by atoms with Gasteiger partial charge in [0.05, 0.1) is 31.6 Å². The fourth-order valence-electron chi connectivity index (χ4n) is 1.93. The molecule has 4 nitrogen and oxygen atoms in total. The number of anilines is 1. The Hall–Kier alpha value is -2.22. The summed E-state index contributed by atoms with van der Waals surface area (Å²) in [6.07, 6.45) is 0. The number of nitriles is 1. The average molecular weight is 317 g/mol. The largest absolute Gasteiger partial charge is 0.497 e. The summed E-state index contributed by atoms with van der Waals surface area (Å²) in [5.41, 5.74) is 2.38. The Bertz CT molecular complexity index is 651. The highest BCUT2D eigenvalue weighted by molar-refractivity contribution is 6.30. The van der Waals surface area contributed by atoms with Gasteiger partial charge in [-0.05, 0) is 35.9 Å². The van der Waals surface area contributed by atoms with E-state index in [-0.39, 0.29) is 0 Å². The molecule has 0 saturated carbocycles. The Balaban J connectivity index is 1.75. The number of benzene rings is 2. The fourth-order valence-corrected chi connectivity index (χ4v) is 2.10. The molecule has 0 aliphatic heterocycles. The van der Waals surface area contributed by atoms with Crippen molar-refractivity contribution >= 4 is 17.3 Å². The Morgan fingerprint density at radius 1 is 1.18 bits per heavy atom.